The van der Waals surface area contributed by atoms with E-state index in [1.54, 1.807) is 0 Å². The fourth-order valence-electron chi connectivity index (χ4n) is 2.74. The van der Waals surface area contributed by atoms with Crippen LogP contribution in [0, 0.1) is 16.7 Å². The van der Waals surface area contributed by atoms with Gasteiger partial charge in [0.05, 0.1) is 6.07 Å². The number of amides is 1. The molecule has 0 unspecified atom stereocenters. The Morgan fingerprint density at radius 1 is 1.29 bits per heavy atom. The Balaban J connectivity index is 1.93. The Labute approximate surface area is 103 Å². The maximum Gasteiger partial charge on any atom is 0.240 e. The number of likely N-dealkylation sites (N-methyl/N-ethyl adjacent to an activating group) is 1. The summed E-state index contributed by atoms with van der Waals surface area (Å²) >= 11 is 0. The van der Waals surface area contributed by atoms with Crippen molar-refractivity contribution < 1.29 is 4.79 Å². The van der Waals surface area contributed by atoms with E-state index in [9.17, 15) is 4.79 Å². The van der Waals surface area contributed by atoms with E-state index in [1.165, 1.54) is 12.8 Å². The molecule has 0 saturated heterocycles. The molecule has 0 radical (unpaired) electrons. The molecule has 1 N–H and O–H groups in total. The second kappa shape index (κ2) is 4.30. The number of hydrogen-bond acceptors (Lipinski definition) is 3. The van der Waals surface area contributed by atoms with Gasteiger partial charge in [0.25, 0.3) is 0 Å². The maximum absolute atomic E-state index is 11.9. The number of carbonyl (C=O) groups is 1. The van der Waals surface area contributed by atoms with E-state index in [0.717, 1.165) is 25.7 Å². The molecular formula is C13H21N3O. The first-order chi connectivity index (χ1) is 8.05. The summed E-state index contributed by atoms with van der Waals surface area (Å²) in [5.74, 6) is -0.0619. The SMILES string of the molecule is CN(C)C1(CNC(=O)C2(C#N)CC2)CCCC1. The van der Waals surface area contributed by atoms with Gasteiger partial charge in [0.15, 0.2) is 0 Å². The lowest BCUT2D eigenvalue weighted by Crippen LogP contribution is -2.51. The molecule has 17 heavy (non-hydrogen) atoms. The van der Waals surface area contributed by atoms with E-state index in [-0.39, 0.29) is 11.4 Å². The molecule has 4 heteroatoms. The van der Waals surface area contributed by atoms with Gasteiger partial charge < -0.3 is 10.2 Å². The summed E-state index contributed by atoms with van der Waals surface area (Å²) in [4.78, 5) is 14.2. The minimum absolute atomic E-state index is 0.0619. The van der Waals surface area contributed by atoms with Gasteiger partial charge in [-0.3, -0.25) is 4.79 Å². The third-order valence-electron chi connectivity index (χ3n) is 4.46. The first-order valence-electron chi connectivity index (χ1n) is 6.42. The topological polar surface area (TPSA) is 56.1 Å². The van der Waals surface area contributed by atoms with Crippen LogP contribution < -0.4 is 5.32 Å². The van der Waals surface area contributed by atoms with Gasteiger partial charge in [0.1, 0.15) is 5.41 Å². The Morgan fingerprint density at radius 2 is 1.88 bits per heavy atom. The van der Waals surface area contributed by atoms with E-state index in [2.05, 4.69) is 30.4 Å². The molecule has 1 amide bonds. The molecule has 94 valence electrons. The van der Waals surface area contributed by atoms with Crippen molar-refractivity contribution >= 4 is 5.91 Å². The number of carbonyl (C=O) groups excluding carboxylic acids is 1. The molecule has 2 aliphatic rings. The molecule has 0 aliphatic heterocycles. The summed E-state index contributed by atoms with van der Waals surface area (Å²) in [6.45, 7) is 0.683. The van der Waals surface area contributed by atoms with E-state index < -0.39 is 5.41 Å². The normalized spacial score (nSPS) is 24.4. The van der Waals surface area contributed by atoms with Crippen LogP contribution in [0.25, 0.3) is 0 Å². The molecule has 0 spiro atoms. The van der Waals surface area contributed by atoms with Gasteiger partial charge in [-0.25, -0.2) is 0 Å². The first kappa shape index (κ1) is 12.4. The molecule has 0 aromatic heterocycles. The molecule has 0 aromatic carbocycles. The Kier molecular flexibility index (Phi) is 3.13. The van der Waals surface area contributed by atoms with E-state index in [0.29, 0.717) is 6.54 Å². The standard InChI is InChI=1S/C13H21N3O/c1-16(2)13(5-3-4-6-13)10-15-11(17)12(9-14)7-8-12/h3-8,10H2,1-2H3,(H,15,17). The molecule has 4 nitrogen and oxygen atoms in total. The van der Waals surface area contributed by atoms with Crippen molar-refractivity contribution in [3.05, 3.63) is 0 Å². The summed E-state index contributed by atoms with van der Waals surface area (Å²) in [7, 11) is 4.16. The molecule has 2 fully saturated rings. The van der Waals surface area contributed by atoms with Gasteiger partial charge in [-0.1, -0.05) is 12.8 Å². The highest BCUT2D eigenvalue weighted by Crippen LogP contribution is 2.45. The number of rotatable bonds is 4. The predicted molar refractivity (Wildman–Crippen MR) is 65.2 cm³/mol. The van der Waals surface area contributed by atoms with Gasteiger partial charge in [0, 0.05) is 12.1 Å². The molecule has 0 heterocycles. The fraction of sp³-hybridized carbons (Fsp3) is 0.846. The average molecular weight is 235 g/mol. The maximum atomic E-state index is 11.9. The highest BCUT2D eigenvalue weighted by molar-refractivity contribution is 5.88. The van der Waals surface area contributed by atoms with Crippen LogP contribution in [0.3, 0.4) is 0 Å². The van der Waals surface area contributed by atoms with Crippen molar-refractivity contribution in [1.29, 1.82) is 5.26 Å². The van der Waals surface area contributed by atoms with Crippen molar-refractivity contribution in [2.24, 2.45) is 5.41 Å². The van der Waals surface area contributed by atoms with Crippen molar-refractivity contribution in [3.63, 3.8) is 0 Å². The van der Waals surface area contributed by atoms with Crippen molar-refractivity contribution in [1.82, 2.24) is 10.2 Å². The third kappa shape index (κ3) is 2.16. The summed E-state index contributed by atoms with van der Waals surface area (Å²) in [5, 5.41) is 12.0. The zero-order valence-electron chi connectivity index (χ0n) is 10.8. The first-order valence-corrected chi connectivity index (χ1v) is 6.42. The van der Waals surface area contributed by atoms with Crippen LogP contribution in [0.15, 0.2) is 0 Å². The molecule has 0 aromatic rings. The van der Waals surface area contributed by atoms with Gasteiger partial charge in [-0.2, -0.15) is 5.26 Å². The second-order valence-corrected chi connectivity index (χ2v) is 5.70. The molecule has 2 aliphatic carbocycles. The molecule has 0 bridgehead atoms. The quantitative estimate of drug-likeness (QED) is 0.798. The fourth-order valence-corrected chi connectivity index (χ4v) is 2.74. The van der Waals surface area contributed by atoms with E-state index >= 15 is 0 Å². The van der Waals surface area contributed by atoms with Gasteiger partial charge >= 0.3 is 0 Å². The highest BCUT2D eigenvalue weighted by Gasteiger charge is 2.51. The van der Waals surface area contributed by atoms with Crippen LogP contribution in [-0.4, -0.2) is 37.0 Å². The van der Waals surface area contributed by atoms with Crippen LogP contribution in [0.4, 0.5) is 0 Å². The van der Waals surface area contributed by atoms with E-state index in [1.807, 2.05) is 0 Å². The van der Waals surface area contributed by atoms with Crippen molar-refractivity contribution in [2.75, 3.05) is 20.6 Å². The lowest BCUT2D eigenvalue weighted by Gasteiger charge is -2.36. The molecule has 2 saturated carbocycles. The van der Waals surface area contributed by atoms with Crippen LogP contribution >= 0.6 is 0 Å². The summed E-state index contributed by atoms with van der Waals surface area (Å²) in [6, 6.07) is 2.14. The van der Waals surface area contributed by atoms with E-state index in [4.69, 9.17) is 5.26 Å². The second-order valence-electron chi connectivity index (χ2n) is 5.70. The predicted octanol–water partition coefficient (Wildman–Crippen LogP) is 1.28. The minimum Gasteiger partial charge on any atom is -0.353 e. The van der Waals surface area contributed by atoms with Gasteiger partial charge in [-0.05, 0) is 39.8 Å². The van der Waals surface area contributed by atoms with Crippen LogP contribution in [0.1, 0.15) is 38.5 Å². The molecular weight excluding hydrogens is 214 g/mol. The number of hydrogen-bond donors (Lipinski definition) is 1. The smallest absolute Gasteiger partial charge is 0.240 e. The van der Waals surface area contributed by atoms with Crippen molar-refractivity contribution in [2.45, 2.75) is 44.1 Å². The number of nitrogens with zero attached hydrogens (tertiary/aromatic N) is 2. The average Bonchev–Trinajstić information content (AvgIpc) is 2.97. The number of nitriles is 1. The Hall–Kier alpha value is -1.08. The van der Waals surface area contributed by atoms with Crippen LogP contribution in [0.5, 0.6) is 0 Å². The molecule has 2 rings (SSSR count). The van der Waals surface area contributed by atoms with Crippen LogP contribution in [-0.2, 0) is 4.79 Å². The zero-order valence-corrected chi connectivity index (χ0v) is 10.8. The van der Waals surface area contributed by atoms with Gasteiger partial charge in [-0.15, -0.1) is 0 Å². The molecule has 0 atom stereocenters. The third-order valence-corrected chi connectivity index (χ3v) is 4.46. The Morgan fingerprint density at radius 3 is 2.29 bits per heavy atom. The minimum atomic E-state index is -0.688. The highest BCUT2D eigenvalue weighted by atomic mass is 16.2. The van der Waals surface area contributed by atoms with Gasteiger partial charge in [0.2, 0.25) is 5.91 Å². The zero-order chi connectivity index (χ0) is 12.5. The lowest BCUT2D eigenvalue weighted by atomic mass is 9.95. The lowest BCUT2D eigenvalue weighted by molar-refractivity contribution is -0.125. The summed E-state index contributed by atoms with van der Waals surface area (Å²) < 4.78 is 0. The number of nitrogens with one attached hydrogen (secondary N) is 1. The van der Waals surface area contributed by atoms with Crippen LogP contribution in [0.2, 0.25) is 0 Å². The summed E-state index contributed by atoms with van der Waals surface area (Å²) in [5.41, 5.74) is -0.576. The monoisotopic (exact) mass is 235 g/mol. The Bertz CT molecular complexity index is 346. The summed E-state index contributed by atoms with van der Waals surface area (Å²) in [6.07, 6.45) is 6.20. The largest absolute Gasteiger partial charge is 0.353 e. The van der Waals surface area contributed by atoms with Crippen molar-refractivity contribution in [3.8, 4) is 6.07 Å².